The molecule has 3 amide bonds. The summed E-state index contributed by atoms with van der Waals surface area (Å²) in [4.78, 5) is 55.8. The molecule has 0 fully saturated rings. The predicted octanol–water partition coefficient (Wildman–Crippen LogP) is 1.83. The number of carbonyl (C=O) groups excluding carboxylic acids is 4. The molecule has 0 atom stereocenters. The van der Waals surface area contributed by atoms with Gasteiger partial charge in [0.1, 0.15) is 0 Å². The Balaban J connectivity index is 1.59. The third-order valence-corrected chi connectivity index (χ3v) is 4.52. The second-order valence-electron chi connectivity index (χ2n) is 6.28. The number of anilines is 2. The van der Waals surface area contributed by atoms with Crippen LogP contribution in [-0.2, 0) is 9.63 Å². The van der Waals surface area contributed by atoms with Crippen LogP contribution in [0.4, 0.5) is 11.4 Å². The fraction of sp³-hybridized carbons (Fsp3) is 0.158. The lowest BCUT2D eigenvalue weighted by atomic mass is 10.1. The number of hydrogen-bond acceptors (Lipinski definition) is 6. The third kappa shape index (κ3) is 2.80. The van der Waals surface area contributed by atoms with Crippen LogP contribution in [0.15, 0.2) is 42.5 Å². The van der Waals surface area contributed by atoms with Crippen LogP contribution in [0.3, 0.4) is 0 Å². The van der Waals surface area contributed by atoms with E-state index in [2.05, 4.69) is 5.32 Å². The zero-order valence-electron chi connectivity index (χ0n) is 14.4. The molecule has 2 aromatic rings. The van der Waals surface area contributed by atoms with Gasteiger partial charge in [0.2, 0.25) is 5.91 Å². The summed E-state index contributed by atoms with van der Waals surface area (Å²) in [5, 5.41) is 3.20. The van der Waals surface area contributed by atoms with Crippen LogP contribution in [0, 0.1) is 0 Å². The lowest BCUT2D eigenvalue weighted by Crippen LogP contribution is -2.32. The van der Waals surface area contributed by atoms with Crippen LogP contribution in [0.25, 0.3) is 0 Å². The third-order valence-electron chi connectivity index (χ3n) is 4.52. The van der Waals surface area contributed by atoms with Gasteiger partial charge in [0.05, 0.1) is 28.1 Å². The number of hydroxylamine groups is 2. The van der Waals surface area contributed by atoms with Gasteiger partial charge >= 0.3 is 5.97 Å². The summed E-state index contributed by atoms with van der Waals surface area (Å²) in [5.41, 5.74) is 1.72. The van der Waals surface area contributed by atoms with Crippen LogP contribution in [0.1, 0.15) is 37.5 Å². The maximum atomic E-state index is 12.5. The minimum atomic E-state index is -0.867. The molecule has 8 heteroatoms. The van der Waals surface area contributed by atoms with E-state index in [-0.39, 0.29) is 22.6 Å². The lowest BCUT2D eigenvalue weighted by Gasteiger charge is -2.19. The Bertz CT molecular complexity index is 966. The van der Waals surface area contributed by atoms with E-state index in [1.54, 1.807) is 18.2 Å². The predicted molar refractivity (Wildman–Crippen MR) is 95.3 cm³/mol. The first-order valence-electron chi connectivity index (χ1n) is 8.31. The van der Waals surface area contributed by atoms with Crippen molar-refractivity contribution < 1.29 is 24.0 Å². The molecule has 27 heavy (non-hydrogen) atoms. The van der Waals surface area contributed by atoms with Crippen molar-refractivity contribution in [2.75, 3.05) is 23.8 Å². The summed E-state index contributed by atoms with van der Waals surface area (Å²) < 4.78 is 0. The lowest BCUT2D eigenvalue weighted by molar-refractivity contribution is -0.115. The fourth-order valence-electron chi connectivity index (χ4n) is 3.08. The molecule has 0 saturated carbocycles. The first-order chi connectivity index (χ1) is 13.0. The SMILES string of the molecule is CN1CCC(=O)Nc2cc(C(=O)ON3C(=O)c4ccccc4C3=O)ccc21. The molecule has 0 aromatic heterocycles. The first kappa shape index (κ1) is 16.8. The number of benzene rings is 2. The Morgan fingerprint density at radius 3 is 2.37 bits per heavy atom. The van der Waals surface area contributed by atoms with Gasteiger partial charge in [-0.1, -0.05) is 17.2 Å². The smallest absolute Gasteiger partial charge is 0.364 e. The Morgan fingerprint density at radius 2 is 1.70 bits per heavy atom. The van der Waals surface area contributed by atoms with Crippen molar-refractivity contribution in [2.24, 2.45) is 0 Å². The number of imide groups is 1. The molecule has 4 rings (SSSR count). The number of nitrogens with zero attached hydrogens (tertiary/aromatic N) is 2. The number of nitrogens with one attached hydrogen (secondary N) is 1. The van der Waals surface area contributed by atoms with Crippen molar-refractivity contribution in [2.45, 2.75) is 6.42 Å². The van der Waals surface area contributed by atoms with Crippen LogP contribution in [0.2, 0.25) is 0 Å². The van der Waals surface area contributed by atoms with Crippen molar-refractivity contribution in [3.63, 3.8) is 0 Å². The molecule has 1 N–H and O–H groups in total. The molecule has 0 radical (unpaired) electrons. The molecule has 0 bridgehead atoms. The number of carbonyl (C=O) groups is 4. The summed E-state index contributed by atoms with van der Waals surface area (Å²) in [6, 6.07) is 10.9. The fourth-order valence-corrected chi connectivity index (χ4v) is 3.08. The van der Waals surface area contributed by atoms with E-state index in [1.165, 1.54) is 24.3 Å². The number of amides is 3. The summed E-state index contributed by atoms with van der Waals surface area (Å²) in [7, 11) is 1.84. The molecule has 0 unspecified atom stereocenters. The number of fused-ring (bicyclic) bond motifs is 2. The van der Waals surface area contributed by atoms with Crippen molar-refractivity contribution in [1.82, 2.24) is 5.06 Å². The Morgan fingerprint density at radius 1 is 1.04 bits per heavy atom. The largest absolute Gasteiger partial charge is 0.372 e. The molecule has 2 aliphatic heterocycles. The van der Waals surface area contributed by atoms with Gasteiger partial charge < -0.3 is 15.1 Å². The maximum Gasteiger partial charge on any atom is 0.364 e. The Hall–Kier alpha value is -3.68. The monoisotopic (exact) mass is 365 g/mol. The second kappa shape index (κ2) is 6.24. The van der Waals surface area contributed by atoms with E-state index in [0.29, 0.717) is 23.7 Å². The summed E-state index contributed by atoms with van der Waals surface area (Å²) in [5.74, 6) is -2.40. The molecule has 0 saturated heterocycles. The highest BCUT2D eigenvalue weighted by atomic mass is 16.7. The van der Waals surface area contributed by atoms with Gasteiger partial charge in [-0.3, -0.25) is 14.4 Å². The van der Waals surface area contributed by atoms with E-state index >= 15 is 0 Å². The average molecular weight is 365 g/mol. The zero-order chi connectivity index (χ0) is 19.1. The minimum Gasteiger partial charge on any atom is -0.372 e. The van der Waals surface area contributed by atoms with E-state index < -0.39 is 17.8 Å². The van der Waals surface area contributed by atoms with Gasteiger partial charge in [0.15, 0.2) is 0 Å². The van der Waals surface area contributed by atoms with Crippen molar-refractivity contribution in [1.29, 1.82) is 0 Å². The van der Waals surface area contributed by atoms with Crippen molar-refractivity contribution in [3.8, 4) is 0 Å². The molecule has 0 aliphatic carbocycles. The highest BCUT2D eigenvalue weighted by Crippen LogP contribution is 2.30. The molecule has 2 aliphatic rings. The van der Waals surface area contributed by atoms with E-state index in [1.807, 2.05) is 11.9 Å². The van der Waals surface area contributed by atoms with Crippen LogP contribution in [0.5, 0.6) is 0 Å². The molecule has 0 spiro atoms. The van der Waals surface area contributed by atoms with E-state index in [0.717, 1.165) is 5.69 Å². The Labute approximate surface area is 154 Å². The molecule has 2 heterocycles. The normalized spacial score (nSPS) is 15.8. The first-order valence-corrected chi connectivity index (χ1v) is 8.31. The van der Waals surface area contributed by atoms with Crippen molar-refractivity contribution >= 4 is 35.1 Å². The van der Waals surface area contributed by atoms with Gasteiger partial charge in [0.25, 0.3) is 11.8 Å². The van der Waals surface area contributed by atoms with Gasteiger partial charge in [-0.15, -0.1) is 0 Å². The van der Waals surface area contributed by atoms with E-state index in [9.17, 15) is 19.2 Å². The molecule has 8 nitrogen and oxygen atoms in total. The van der Waals surface area contributed by atoms with Crippen LogP contribution in [-0.4, -0.2) is 42.3 Å². The average Bonchev–Trinajstić information content (AvgIpc) is 2.81. The van der Waals surface area contributed by atoms with E-state index in [4.69, 9.17) is 4.84 Å². The maximum absolute atomic E-state index is 12.5. The van der Waals surface area contributed by atoms with Gasteiger partial charge in [-0.25, -0.2) is 4.79 Å². The standard InChI is InChI=1S/C19H15N3O5/c1-21-9-8-16(23)20-14-10-11(6-7-15(14)21)19(26)27-22-17(24)12-4-2-3-5-13(12)18(22)25/h2-7,10H,8-9H2,1H3,(H,20,23). The van der Waals surface area contributed by atoms with Gasteiger partial charge in [-0.05, 0) is 30.3 Å². The van der Waals surface area contributed by atoms with Gasteiger partial charge in [-0.2, -0.15) is 0 Å². The second-order valence-corrected chi connectivity index (χ2v) is 6.28. The summed E-state index contributed by atoms with van der Waals surface area (Å²) in [6.45, 7) is 0.553. The Kier molecular flexibility index (Phi) is 3.88. The molecule has 136 valence electrons. The van der Waals surface area contributed by atoms with Gasteiger partial charge in [0, 0.05) is 20.0 Å². The molecular weight excluding hydrogens is 350 g/mol. The highest BCUT2D eigenvalue weighted by molar-refractivity contribution is 6.21. The topological polar surface area (TPSA) is 96.0 Å². The van der Waals surface area contributed by atoms with Crippen LogP contribution < -0.4 is 10.2 Å². The van der Waals surface area contributed by atoms with Crippen LogP contribution >= 0.6 is 0 Å². The quantitative estimate of drug-likeness (QED) is 0.816. The number of rotatable bonds is 2. The highest BCUT2D eigenvalue weighted by Gasteiger charge is 2.38. The zero-order valence-corrected chi connectivity index (χ0v) is 14.4. The molecule has 2 aromatic carbocycles. The number of hydrogen-bond donors (Lipinski definition) is 1. The summed E-state index contributed by atoms with van der Waals surface area (Å²) >= 11 is 0. The minimum absolute atomic E-state index is 0.112. The molecular formula is C19H15N3O5. The summed E-state index contributed by atoms with van der Waals surface area (Å²) in [6.07, 6.45) is 0.333. The van der Waals surface area contributed by atoms with Crippen molar-refractivity contribution in [3.05, 3.63) is 59.2 Å².